The minimum atomic E-state index is -4.52. The Morgan fingerprint density at radius 2 is 1.93 bits per heavy atom. The van der Waals surface area contributed by atoms with Gasteiger partial charge in [-0.05, 0) is 56.1 Å². The van der Waals surface area contributed by atoms with Gasteiger partial charge in [0.15, 0.2) is 0 Å². The topological polar surface area (TPSA) is 65.7 Å². The van der Waals surface area contributed by atoms with Crippen LogP contribution in [0.1, 0.15) is 31.2 Å². The lowest BCUT2D eigenvalue weighted by Crippen LogP contribution is -2.42. The summed E-state index contributed by atoms with van der Waals surface area (Å²) >= 11 is 0. The van der Waals surface area contributed by atoms with E-state index >= 15 is 0 Å². The van der Waals surface area contributed by atoms with Crippen molar-refractivity contribution in [1.29, 1.82) is 0 Å². The van der Waals surface area contributed by atoms with Crippen molar-refractivity contribution < 1.29 is 18.3 Å². The summed E-state index contributed by atoms with van der Waals surface area (Å²) in [5.74, 6) is 0.124. The fourth-order valence-electron chi connectivity index (χ4n) is 4.74. The molecule has 2 N–H and O–H groups in total. The smallest absolute Gasteiger partial charge is 0.416 e. The molecular formula is C21H22F3N5O. The van der Waals surface area contributed by atoms with Crippen LogP contribution in [-0.2, 0) is 6.18 Å². The van der Waals surface area contributed by atoms with E-state index in [9.17, 15) is 18.3 Å². The SMILES string of the molecule is Oc1cc(C(F)(F)F)ccc1-c1nnc(N[C@H]2CCN3CCCC[C@H]23)n2cccc12. The van der Waals surface area contributed by atoms with E-state index < -0.39 is 17.5 Å². The van der Waals surface area contributed by atoms with Crippen molar-refractivity contribution in [2.45, 2.75) is 43.9 Å². The van der Waals surface area contributed by atoms with E-state index in [0.29, 0.717) is 23.2 Å². The lowest BCUT2D eigenvalue weighted by atomic mass is 9.99. The molecule has 2 aliphatic rings. The number of alkyl halides is 3. The molecule has 30 heavy (non-hydrogen) atoms. The molecule has 0 bridgehead atoms. The summed E-state index contributed by atoms with van der Waals surface area (Å²) in [7, 11) is 0. The first-order valence-electron chi connectivity index (χ1n) is 10.2. The third kappa shape index (κ3) is 3.27. The molecule has 2 aliphatic heterocycles. The van der Waals surface area contributed by atoms with Crippen LogP contribution in [0.15, 0.2) is 36.5 Å². The van der Waals surface area contributed by atoms with Crippen LogP contribution in [0, 0.1) is 0 Å². The van der Waals surface area contributed by atoms with Gasteiger partial charge in [-0.2, -0.15) is 13.2 Å². The van der Waals surface area contributed by atoms with Gasteiger partial charge in [-0.1, -0.05) is 6.42 Å². The molecule has 0 aliphatic carbocycles. The third-order valence-corrected chi connectivity index (χ3v) is 6.21. The van der Waals surface area contributed by atoms with Gasteiger partial charge in [-0.3, -0.25) is 9.30 Å². The number of hydrogen-bond acceptors (Lipinski definition) is 5. The molecule has 5 rings (SSSR count). The summed E-state index contributed by atoms with van der Waals surface area (Å²) in [5.41, 5.74) is 0.313. The van der Waals surface area contributed by atoms with Crippen molar-refractivity contribution in [2.75, 3.05) is 18.4 Å². The van der Waals surface area contributed by atoms with Crippen LogP contribution in [0.2, 0.25) is 0 Å². The van der Waals surface area contributed by atoms with Crippen LogP contribution in [0.3, 0.4) is 0 Å². The van der Waals surface area contributed by atoms with E-state index in [1.165, 1.54) is 18.9 Å². The number of phenolic OH excluding ortho intramolecular Hbond substituents is 1. The maximum Gasteiger partial charge on any atom is 0.416 e. The van der Waals surface area contributed by atoms with E-state index in [1.807, 2.05) is 22.7 Å². The molecule has 0 amide bonds. The predicted molar refractivity (Wildman–Crippen MR) is 106 cm³/mol. The molecular weight excluding hydrogens is 395 g/mol. The largest absolute Gasteiger partial charge is 0.507 e. The number of fused-ring (bicyclic) bond motifs is 2. The van der Waals surface area contributed by atoms with E-state index in [4.69, 9.17) is 0 Å². The summed E-state index contributed by atoms with van der Waals surface area (Å²) < 4.78 is 40.6. The van der Waals surface area contributed by atoms with Crippen molar-refractivity contribution in [3.8, 4) is 17.0 Å². The van der Waals surface area contributed by atoms with Crippen molar-refractivity contribution >= 4 is 11.5 Å². The lowest BCUT2D eigenvalue weighted by Gasteiger charge is -2.32. The molecule has 2 fully saturated rings. The van der Waals surface area contributed by atoms with Gasteiger partial charge in [-0.15, -0.1) is 10.2 Å². The van der Waals surface area contributed by atoms with Crippen LogP contribution in [-0.4, -0.2) is 49.8 Å². The Balaban J connectivity index is 1.48. The normalized spacial score (nSPS) is 22.4. The van der Waals surface area contributed by atoms with Gasteiger partial charge in [0, 0.05) is 30.4 Å². The van der Waals surface area contributed by atoms with Gasteiger partial charge in [-0.25, -0.2) is 0 Å². The van der Waals surface area contributed by atoms with E-state index in [-0.39, 0.29) is 11.6 Å². The molecule has 3 aromatic rings. The van der Waals surface area contributed by atoms with E-state index in [1.54, 1.807) is 0 Å². The van der Waals surface area contributed by atoms with Crippen LogP contribution in [0.4, 0.5) is 19.1 Å². The second-order valence-corrected chi connectivity index (χ2v) is 8.00. The minimum absolute atomic E-state index is 0.213. The molecule has 0 saturated carbocycles. The van der Waals surface area contributed by atoms with E-state index in [0.717, 1.165) is 38.1 Å². The first-order valence-corrected chi connectivity index (χ1v) is 10.2. The molecule has 9 heteroatoms. The van der Waals surface area contributed by atoms with Crippen LogP contribution < -0.4 is 5.32 Å². The number of rotatable bonds is 3. The highest BCUT2D eigenvalue weighted by Gasteiger charge is 2.36. The summed E-state index contributed by atoms with van der Waals surface area (Å²) in [4.78, 5) is 2.52. The highest BCUT2D eigenvalue weighted by Crippen LogP contribution is 2.37. The van der Waals surface area contributed by atoms with Crippen LogP contribution >= 0.6 is 0 Å². The standard InChI is InChI=1S/C21H22F3N5O/c22-21(23,24)13-6-7-14(18(30)12-13)19-17-5-3-10-29(17)20(27-26-19)25-15-8-11-28-9-2-1-4-16(15)28/h3,5-7,10,12,15-16,30H,1-2,4,8-9,11H2,(H,25,27)/t15-,16+/m0/s1. The summed E-state index contributed by atoms with van der Waals surface area (Å²) in [6, 6.07) is 7.32. The Morgan fingerprint density at radius 1 is 1.07 bits per heavy atom. The van der Waals surface area contributed by atoms with Gasteiger partial charge in [0.2, 0.25) is 5.95 Å². The number of piperidine rings is 1. The highest BCUT2D eigenvalue weighted by atomic mass is 19.4. The zero-order valence-electron chi connectivity index (χ0n) is 16.2. The molecule has 4 heterocycles. The lowest BCUT2D eigenvalue weighted by molar-refractivity contribution is -0.137. The summed E-state index contributed by atoms with van der Waals surface area (Å²) in [6.07, 6.45) is 2.00. The van der Waals surface area contributed by atoms with E-state index in [2.05, 4.69) is 20.4 Å². The second kappa shape index (κ2) is 7.16. The van der Waals surface area contributed by atoms with Crippen molar-refractivity contribution in [1.82, 2.24) is 19.5 Å². The van der Waals surface area contributed by atoms with Gasteiger partial charge >= 0.3 is 6.18 Å². The summed E-state index contributed by atoms with van der Waals surface area (Å²) in [5, 5.41) is 22.3. The number of hydrogen-bond donors (Lipinski definition) is 2. The molecule has 1 aromatic carbocycles. The van der Waals surface area contributed by atoms with Gasteiger partial charge < -0.3 is 10.4 Å². The number of nitrogens with zero attached hydrogens (tertiary/aromatic N) is 4. The van der Waals surface area contributed by atoms with Crippen molar-refractivity contribution in [2.24, 2.45) is 0 Å². The maximum atomic E-state index is 12.9. The Kier molecular flexibility index (Phi) is 4.57. The average Bonchev–Trinajstić information content (AvgIpc) is 3.36. The first-order chi connectivity index (χ1) is 14.4. The molecule has 0 radical (unpaired) electrons. The molecule has 158 valence electrons. The number of phenols is 1. The molecule has 2 saturated heterocycles. The molecule has 6 nitrogen and oxygen atoms in total. The molecule has 2 aromatic heterocycles. The Bertz CT molecular complexity index is 1080. The van der Waals surface area contributed by atoms with Crippen molar-refractivity contribution in [3.05, 3.63) is 42.1 Å². The Hall–Kier alpha value is -2.81. The van der Waals surface area contributed by atoms with Gasteiger partial charge in [0.05, 0.1) is 11.1 Å². The van der Waals surface area contributed by atoms with Gasteiger partial charge in [0.1, 0.15) is 11.4 Å². The number of aromatic nitrogens is 3. The fourth-order valence-corrected chi connectivity index (χ4v) is 4.74. The highest BCUT2D eigenvalue weighted by molar-refractivity contribution is 5.81. The second-order valence-electron chi connectivity index (χ2n) is 8.00. The number of nitrogens with one attached hydrogen (secondary N) is 1. The Labute approximate surface area is 171 Å². The minimum Gasteiger partial charge on any atom is -0.507 e. The summed E-state index contributed by atoms with van der Waals surface area (Å²) in [6.45, 7) is 2.21. The zero-order valence-corrected chi connectivity index (χ0v) is 16.2. The molecule has 0 unspecified atom stereocenters. The van der Waals surface area contributed by atoms with Crippen LogP contribution in [0.25, 0.3) is 16.8 Å². The number of halogens is 3. The number of benzene rings is 1. The zero-order chi connectivity index (χ0) is 20.9. The maximum absolute atomic E-state index is 12.9. The third-order valence-electron chi connectivity index (χ3n) is 6.21. The first kappa shape index (κ1) is 19.2. The average molecular weight is 417 g/mol. The van der Waals surface area contributed by atoms with Crippen molar-refractivity contribution in [3.63, 3.8) is 0 Å². The predicted octanol–water partition coefficient (Wildman–Crippen LogP) is 4.16. The molecule has 0 spiro atoms. The quantitative estimate of drug-likeness (QED) is 0.670. The van der Waals surface area contributed by atoms with Gasteiger partial charge in [0.25, 0.3) is 0 Å². The molecule has 2 atom stereocenters. The number of anilines is 1. The monoisotopic (exact) mass is 417 g/mol. The fraction of sp³-hybridized carbons (Fsp3) is 0.429. The van der Waals surface area contributed by atoms with Crippen LogP contribution in [0.5, 0.6) is 5.75 Å². The number of aromatic hydroxyl groups is 1. The Morgan fingerprint density at radius 3 is 2.73 bits per heavy atom.